The van der Waals surface area contributed by atoms with Gasteiger partial charge in [-0.2, -0.15) is 0 Å². The summed E-state index contributed by atoms with van der Waals surface area (Å²) in [5.41, 5.74) is 16.0. The Kier molecular flexibility index (Phi) is 6.69. The number of guanidine groups is 1. The van der Waals surface area contributed by atoms with Crippen LogP contribution in [0.5, 0.6) is 0 Å². The molecule has 0 bridgehead atoms. The molecule has 0 aliphatic carbocycles. The lowest BCUT2D eigenvalue weighted by Gasteiger charge is -2.26. The minimum Gasteiger partial charge on any atom is -0.480 e. The molecule has 0 heterocycles. The fourth-order valence-electron chi connectivity index (χ4n) is 2.71. The van der Waals surface area contributed by atoms with Crippen molar-refractivity contribution in [3.63, 3.8) is 0 Å². The summed E-state index contributed by atoms with van der Waals surface area (Å²) >= 11 is 0. The molecule has 0 aliphatic heterocycles. The molecule has 146 valence electrons. The molecular formula is C19H21N5O4. The van der Waals surface area contributed by atoms with Crippen LogP contribution in [0.2, 0.25) is 0 Å². The summed E-state index contributed by atoms with van der Waals surface area (Å²) in [4.78, 5) is 37.9. The van der Waals surface area contributed by atoms with Crippen LogP contribution in [0.25, 0.3) is 11.1 Å². The number of carbonyl (C=O) groups excluding carboxylic acids is 2. The highest BCUT2D eigenvalue weighted by molar-refractivity contribution is 5.83. The summed E-state index contributed by atoms with van der Waals surface area (Å²) in [6.45, 7) is 1.18. The van der Waals surface area contributed by atoms with E-state index in [1.807, 2.05) is 30.3 Å². The SMILES string of the molecule is CC(=O)N(NC=O)[C@@H](Cc1ccc(-c2cccc(N=C(N)N)c2)cc1)C(=O)O. The van der Waals surface area contributed by atoms with Gasteiger partial charge in [-0.15, -0.1) is 0 Å². The van der Waals surface area contributed by atoms with Crippen LogP contribution in [0.15, 0.2) is 53.5 Å². The quantitative estimate of drug-likeness (QED) is 0.229. The first-order valence-electron chi connectivity index (χ1n) is 8.33. The third-order valence-corrected chi connectivity index (χ3v) is 3.95. The predicted molar refractivity (Wildman–Crippen MR) is 104 cm³/mol. The molecule has 6 N–H and O–H groups in total. The van der Waals surface area contributed by atoms with E-state index in [4.69, 9.17) is 11.5 Å². The number of hydrogen-bond acceptors (Lipinski definition) is 4. The lowest BCUT2D eigenvalue weighted by Crippen LogP contribution is -2.52. The summed E-state index contributed by atoms with van der Waals surface area (Å²) < 4.78 is 0. The molecule has 9 heteroatoms. The summed E-state index contributed by atoms with van der Waals surface area (Å²) in [6.07, 6.45) is 0.300. The zero-order valence-electron chi connectivity index (χ0n) is 15.2. The third-order valence-electron chi connectivity index (χ3n) is 3.95. The van der Waals surface area contributed by atoms with Crippen LogP contribution in [0.3, 0.4) is 0 Å². The van der Waals surface area contributed by atoms with Crippen LogP contribution in [0.1, 0.15) is 12.5 Å². The topological polar surface area (TPSA) is 151 Å². The Balaban J connectivity index is 2.23. The second-order valence-corrected chi connectivity index (χ2v) is 5.98. The second-order valence-electron chi connectivity index (χ2n) is 5.98. The molecule has 2 rings (SSSR count). The summed E-state index contributed by atoms with van der Waals surface area (Å²) in [5, 5.41) is 10.2. The van der Waals surface area contributed by atoms with E-state index in [9.17, 15) is 19.5 Å². The molecule has 0 saturated carbocycles. The van der Waals surface area contributed by atoms with Crippen LogP contribution >= 0.6 is 0 Å². The van der Waals surface area contributed by atoms with Gasteiger partial charge in [0.15, 0.2) is 12.0 Å². The average molecular weight is 383 g/mol. The first-order chi connectivity index (χ1) is 13.3. The van der Waals surface area contributed by atoms with E-state index in [1.165, 1.54) is 6.92 Å². The fraction of sp³-hybridized carbons (Fsp3) is 0.158. The van der Waals surface area contributed by atoms with Gasteiger partial charge in [0.2, 0.25) is 12.3 Å². The summed E-state index contributed by atoms with van der Waals surface area (Å²) in [5.74, 6) is -1.84. The molecular weight excluding hydrogens is 362 g/mol. The Morgan fingerprint density at radius 1 is 1.18 bits per heavy atom. The van der Waals surface area contributed by atoms with E-state index in [0.717, 1.165) is 16.1 Å². The van der Waals surface area contributed by atoms with Crippen LogP contribution in [0, 0.1) is 0 Å². The third kappa shape index (κ3) is 5.31. The molecule has 2 aromatic rings. The Bertz CT molecular complexity index is 891. The van der Waals surface area contributed by atoms with Crippen LogP contribution in [-0.2, 0) is 20.8 Å². The zero-order chi connectivity index (χ0) is 20.7. The van der Waals surface area contributed by atoms with E-state index < -0.39 is 17.9 Å². The van der Waals surface area contributed by atoms with Crippen molar-refractivity contribution in [2.24, 2.45) is 16.5 Å². The van der Waals surface area contributed by atoms with E-state index in [-0.39, 0.29) is 18.8 Å². The molecule has 0 unspecified atom stereocenters. The molecule has 0 aliphatic rings. The molecule has 28 heavy (non-hydrogen) atoms. The van der Waals surface area contributed by atoms with Crippen LogP contribution in [0.4, 0.5) is 5.69 Å². The van der Waals surface area contributed by atoms with Crippen molar-refractivity contribution in [1.82, 2.24) is 10.4 Å². The summed E-state index contributed by atoms with van der Waals surface area (Å²) in [7, 11) is 0. The number of carboxylic acids is 1. The maximum absolute atomic E-state index is 11.6. The van der Waals surface area contributed by atoms with Gasteiger partial charge in [-0.3, -0.25) is 15.0 Å². The van der Waals surface area contributed by atoms with Crippen molar-refractivity contribution in [3.8, 4) is 11.1 Å². The smallest absolute Gasteiger partial charge is 0.328 e. The van der Waals surface area contributed by atoms with Gasteiger partial charge in [0.25, 0.3) is 0 Å². The van der Waals surface area contributed by atoms with Crippen molar-refractivity contribution in [2.75, 3.05) is 0 Å². The molecule has 0 aromatic heterocycles. The van der Waals surface area contributed by atoms with Crippen LogP contribution in [-0.4, -0.2) is 40.4 Å². The van der Waals surface area contributed by atoms with Gasteiger partial charge in [0.1, 0.15) is 0 Å². The van der Waals surface area contributed by atoms with E-state index in [0.29, 0.717) is 11.3 Å². The maximum Gasteiger partial charge on any atom is 0.328 e. The number of benzene rings is 2. The standard InChI is InChI=1S/C19H21N5O4/c1-12(26)24(22-11-25)17(18(27)28)9-13-5-7-14(8-6-13)15-3-2-4-16(10-15)23-19(20)21/h2-8,10-11,17H,9H2,1H3,(H,22,25)(H,27,28)(H4,20,21,23)/t17-/m0/s1. The lowest BCUT2D eigenvalue weighted by molar-refractivity contribution is -0.153. The number of rotatable bonds is 8. The number of aliphatic imine (C=N–C) groups is 1. The van der Waals surface area contributed by atoms with Crippen molar-refractivity contribution < 1.29 is 19.5 Å². The van der Waals surface area contributed by atoms with Gasteiger partial charge in [0.05, 0.1) is 5.69 Å². The molecule has 0 radical (unpaired) electrons. The lowest BCUT2D eigenvalue weighted by atomic mass is 10.00. The first kappa shape index (κ1) is 20.4. The van der Waals surface area contributed by atoms with Crippen molar-refractivity contribution in [2.45, 2.75) is 19.4 Å². The Morgan fingerprint density at radius 3 is 2.39 bits per heavy atom. The molecule has 9 nitrogen and oxygen atoms in total. The number of carbonyl (C=O) groups is 3. The van der Waals surface area contributed by atoms with E-state index >= 15 is 0 Å². The maximum atomic E-state index is 11.6. The Labute approximate surface area is 161 Å². The Morgan fingerprint density at radius 2 is 1.86 bits per heavy atom. The van der Waals surface area contributed by atoms with Gasteiger partial charge in [-0.25, -0.2) is 14.8 Å². The average Bonchev–Trinajstić information content (AvgIpc) is 2.64. The number of aliphatic carboxylic acids is 1. The van der Waals surface area contributed by atoms with Gasteiger partial charge in [-0.1, -0.05) is 36.4 Å². The van der Waals surface area contributed by atoms with Gasteiger partial charge >= 0.3 is 5.97 Å². The van der Waals surface area contributed by atoms with Gasteiger partial charge < -0.3 is 16.6 Å². The number of carboxylic acid groups (broad SMARTS) is 1. The number of amides is 2. The molecule has 2 aromatic carbocycles. The largest absolute Gasteiger partial charge is 0.480 e. The first-order valence-corrected chi connectivity index (χ1v) is 8.33. The second kappa shape index (κ2) is 9.17. The number of hydrogen-bond donors (Lipinski definition) is 4. The van der Waals surface area contributed by atoms with Crippen molar-refractivity contribution >= 4 is 29.9 Å². The zero-order valence-corrected chi connectivity index (χ0v) is 15.2. The molecule has 0 fully saturated rings. The normalized spacial score (nSPS) is 11.2. The van der Waals surface area contributed by atoms with Gasteiger partial charge in [0, 0.05) is 13.3 Å². The predicted octanol–water partition coefficient (Wildman–Crippen LogP) is 0.764. The van der Waals surface area contributed by atoms with Crippen molar-refractivity contribution in [1.29, 1.82) is 0 Å². The van der Waals surface area contributed by atoms with Crippen LogP contribution < -0.4 is 16.9 Å². The monoisotopic (exact) mass is 383 g/mol. The molecule has 1 atom stereocenters. The minimum atomic E-state index is -1.22. The summed E-state index contributed by atoms with van der Waals surface area (Å²) in [6, 6.07) is 13.3. The van der Waals surface area contributed by atoms with E-state index in [1.54, 1.807) is 18.2 Å². The number of nitrogens with one attached hydrogen (secondary N) is 1. The molecule has 2 amide bonds. The molecule has 0 spiro atoms. The number of nitrogens with two attached hydrogens (primary N) is 2. The highest BCUT2D eigenvalue weighted by Crippen LogP contribution is 2.25. The van der Waals surface area contributed by atoms with Gasteiger partial charge in [-0.05, 0) is 28.8 Å². The Hall–Kier alpha value is -3.88. The fourth-order valence-corrected chi connectivity index (χ4v) is 2.71. The number of hydrazine groups is 1. The molecule has 0 saturated heterocycles. The highest BCUT2D eigenvalue weighted by Gasteiger charge is 2.28. The van der Waals surface area contributed by atoms with Crippen molar-refractivity contribution in [3.05, 3.63) is 54.1 Å². The minimum absolute atomic E-state index is 0.0318. The van der Waals surface area contributed by atoms with E-state index in [2.05, 4.69) is 10.4 Å². The number of nitrogens with zero attached hydrogens (tertiary/aromatic N) is 2. The highest BCUT2D eigenvalue weighted by atomic mass is 16.4.